The van der Waals surface area contributed by atoms with Gasteiger partial charge in [-0.25, -0.2) is 4.98 Å². The number of ketones is 1. The van der Waals surface area contributed by atoms with E-state index in [4.69, 9.17) is 0 Å². The second-order valence-corrected chi connectivity index (χ2v) is 8.73. The Kier molecular flexibility index (Phi) is 4.53. The van der Waals surface area contributed by atoms with Crippen molar-refractivity contribution in [2.45, 2.75) is 51.5 Å². The third-order valence-electron chi connectivity index (χ3n) is 5.89. The molecule has 1 aliphatic carbocycles. The van der Waals surface area contributed by atoms with Crippen molar-refractivity contribution in [3.8, 4) is 0 Å². The molecule has 7 nitrogen and oxygen atoms in total. The minimum atomic E-state index is -0.427. The van der Waals surface area contributed by atoms with Crippen LogP contribution >= 0.6 is 11.3 Å². The van der Waals surface area contributed by atoms with E-state index in [0.29, 0.717) is 38.0 Å². The van der Waals surface area contributed by atoms with Gasteiger partial charge in [0.05, 0.1) is 11.7 Å². The zero-order chi connectivity index (χ0) is 19.2. The van der Waals surface area contributed by atoms with Gasteiger partial charge in [0.25, 0.3) is 5.91 Å². The van der Waals surface area contributed by atoms with Crippen LogP contribution in [0.3, 0.4) is 0 Å². The van der Waals surface area contributed by atoms with Crippen LogP contribution in [0.1, 0.15) is 55.2 Å². The lowest BCUT2D eigenvalue weighted by Gasteiger charge is -2.35. The summed E-state index contributed by atoms with van der Waals surface area (Å²) in [5.74, 6) is -0.166. The molecule has 4 rings (SSSR count). The first-order valence-electron chi connectivity index (χ1n) is 9.42. The highest BCUT2D eigenvalue weighted by molar-refractivity contribution is 7.15. The molecule has 1 aliphatic heterocycles. The van der Waals surface area contributed by atoms with Gasteiger partial charge in [-0.1, -0.05) is 0 Å². The summed E-state index contributed by atoms with van der Waals surface area (Å²) in [5.41, 5.74) is 1.14. The van der Waals surface area contributed by atoms with Crippen LogP contribution in [0.2, 0.25) is 0 Å². The summed E-state index contributed by atoms with van der Waals surface area (Å²) >= 11 is 1.52. The molecule has 144 valence electrons. The number of rotatable bonds is 4. The number of aryl methyl sites for hydroxylation is 1. The molecule has 2 aromatic rings. The molecule has 1 saturated carbocycles. The first-order chi connectivity index (χ1) is 12.9. The Balaban J connectivity index is 1.49. The number of carbonyl (C=O) groups excluding carboxylic acids is 3. The highest BCUT2D eigenvalue weighted by Crippen LogP contribution is 2.31. The fourth-order valence-corrected chi connectivity index (χ4v) is 5.09. The van der Waals surface area contributed by atoms with Crippen LogP contribution < -0.4 is 5.32 Å². The molecule has 1 saturated heterocycles. The summed E-state index contributed by atoms with van der Waals surface area (Å²) in [6.07, 6.45) is 4.86. The standard InChI is InChI=1S/C19H24N4O3S/c1-12-10-27-18-20-9-15(23(12)18)17(26)22-7-3-6-19(22,2)11-21-16(25)13-4-5-14(24)8-13/h9-10,13H,3-8,11H2,1-2H3,(H,21,25). The van der Waals surface area contributed by atoms with Crippen molar-refractivity contribution >= 4 is 33.9 Å². The third-order valence-corrected chi connectivity index (χ3v) is 6.85. The lowest BCUT2D eigenvalue weighted by atomic mass is 9.97. The van der Waals surface area contributed by atoms with E-state index in [1.54, 1.807) is 6.20 Å². The molecular weight excluding hydrogens is 364 g/mol. The van der Waals surface area contributed by atoms with Crippen molar-refractivity contribution in [1.82, 2.24) is 19.6 Å². The fourth-order valence-electron chi connectivity index (χ4n) is 4.25. The van der Waals surface area contributed by atoms with Crippen molar-refractivity contribution in [2.75, 3.05) is 13.1 Å². The highest BCUT2D eigenvalue weighted by Gasteiger charge is 2.41. The van der Waals surface area contributed by atoms with Gasteiger partial charge in [-0.05, 0) is 33.1 Å². The molecule has 2 aliphatic rings. The quantitative estimate of drug-likeness (QED) is 0.870. The van der Waals surface area contributed by atoms with E-state index in [1.807, 2.05) is 28.5 Å². The molecule has 1 N–H and O–H groups in total. The lowest BCUT2D eigenvalue weighted by Crippen LogP contribution is -2.53. The van der Waals surface area contributed by atoms with Crippen LogP contribution in [0.5, 0.6) is 0 Å². The molecule has 2 aromatic heterocycles. The summed E-state index contributed by atoms with van der Waals surface area (Å²) in [6, 6.07) is 0. The topological polar surface area (TPSA) is 83.8 Å². The number of imidazole rings is 1. The van der Waals surface area contributed by atoms with Crippen molar-refractivity contribution in [2.24, 2.45) is 5.92 Å². The van der Waals surface area contributed by atoms with Gasteiger partial charge < -0.3 is 10.2 Å². The second-order valence-electron chi connectivity index (χ2n) is 7.89. The Bertz CT molecular complexity index is 917. The molecule has 2 fully saturated rings. The molecule has 2 unspecified atom stereocenters. The van der Waals surface area contributed by atoms with Gasteiger partial charge in [-0.15, -0.1) is 11.3 Å². The molecule has 2 amide bonds. The maximum Gasteiger partial charge on any atom is 0.273 e. The van der Waals surface area contributed by atoms with Crippen LogP contribution in [0.4, 0.5) is 0 Å². The van der Waals surface area contributed by atoms with E-state index in [9.17, 15) is 14.4 Å². The Morgan fingerprint density at radius 2 is 2.26 bits per heavy atom. The SMILES string of the molecule is Cc1csc2ncc(C(=O)N3CCCC3(C)CNC(=O)C3CCC(=O)C3)n12. The number of hydrogen-bond acceptors (Lipinski definition) is 5. The Morgan fingerprint density at radius 1 is 1.44 bits per heavy atom. The fraction of sp³-hybridized carbons (Fsp3) is 0.579. The van der Waals surface area contributed by atoms with Crippen molar-refractivity contribution in [3.05, 3.63) is 23.0 Å². The van der Waals surface area contributed by atoms with Gasteiger partial charge in [0.15, 0.2) is 4.96 Å². The number of aromatic nitrogens is 2. The first-order valence-corrected chi connectivity index (χ1v) is 10.3. The summed E-state index contributed by atoms with van der Waals surface area (Å²) in [6.45, 7) is 5.07. The van der Waals surface area contributed by atoms with Gasteiger partial charge in [0.1, 0.15) is 11.5 Å². The Hall–Kier alpha value is -2.22. The molecule has 0 radical (unpaired) electrons. The zero-order valence-corrected chi connectivity index (χ0v) is 16.5. The number of likely N-dealkylation sites (tertiary alicyclic amines) is 1. The zero-order valence-electron chi connectivity index (χ0n) is 15.7. The second kappa shape index (κ2) is 6.74. The number of amides is 2. The largest absolute Gasteiger partial charge is 0.354 e. The summed E-state index contributed by atoms with van der Waals surface area (Å²) in [7, 11) is 0. The number of Topliss-reactive ketones (excluding diaryl/α,β-unsaturated/α-hetero) is 1. The van der Waals surface area contributed by atoms with Crippen LogP contribution in [-0.4, -0.2) is 50.5 Å². The number of carbonyl (C=O) groups is 3. The van der Waals surface area contributed by atoms with Crippen LogP contribution in [0.25, 0.3) is 4.96 Å². The number of hydrogen-bond donors (Lipinski definition) is 1. The molecule has 27 heavy (non-hydrogen) atoms. The minimum Gasteiger partial charge on any atom is -0.354 e. The third kappa shape index (κ3) is 3.16. The first kappa shape index (κ1) is 18.2. The summed E-state index contributed by atoms with van der Waals surface area (Å²) in [4.78, 5) is 44.1. The van der Waals surface area contributed by atoms with E-state index >= 15 is 0 Å². The Labute approximate surface area is 161 Å². The smallest absolute Gasteiger partial charge is 0.273 e. The van der Waals surface area contributed by atoms with Crippen molar-refractivity contribution in [1.29, 1.82) is 0 Å². The van der Waals surface area contributed by atoms with E-state index in [1.165, 1.54) is 11.3 Å². The van der Waals surface area contributed by atoms with Crippen LogP contribution in [0.15, 0.2) is 11.6 Å². The van der Waals surface area contributed by atoms with Crippen molar-refractivity contribution in [3.63, 3.8) is 0 Å². The van der Waals surface area contributed by atoms with Crippen LogP contribution in [-0.2, 0) is 9.59 Å². The monoisotopic (exact) mass is 388 g/mol. The summed E-state index contributed by atoms with van der Waals surface area (Å²) in [5, 5.41) is 4.99. The number of fused-ring (bicyclic) bond motifs is 1. The predicted molar refractivity (Wildman–Crippen MR) is 102 cm³/mol. The number of nitrogens with one attached hydrogen (secondary N) is 1. The van der Waals surface area contributed by atoms with Gasteiger partial charge in [-0.2, -0.15) is 0 Å². The van der Waals surface area contributed by atoms with E-state index in [2.05, 4.69) is 10.3 Å². The maximum atomic E-state index is 13.2. The number of nitrogens with zero attached hydrogens (tertiary/aromatic N) is 3. The van der Waals surface area contributed by atoms with Gasteiger partial charge in [-0.3, -0.25) is 18.8 Å². The molecule has 0 bridgehead atoms. The maximum absolute atomic E-state index is 13.2. The van der Waals surface area contributed by atoms with Crippen LogP contribution in [0, 0.1) is 12.8 Å². The summed E-state index contributed by atoms with van der Waals surface area (Å²) < 4.78 is 1.90. The minimum absolute atomic E-state index is 0.0470. The van der Waals surface area contributed by atoms with E-state index in [0.717, 1.165) is 23.5 Å². The highest BCUT2D eigenvalue weighted by atomic mass is 32.1. The molecule has 8 heteroatoms. The Morgan fingerprint density at radius 3 is 3.00 bits per heavy atom. The van der Waals surface area contributed by atoms with E-state index in [-0.39, 0.29) is 23.5 Å². The predicted octanol–water partition coefficient (Wildman–Crippen LogP) is 2.18. The molecule has 2 atom stereocenters. The normalized spacial score (nSPS) is 25.5. The van der Waals surface area contributed by atoms with Gasteiger partial charge >= 0.3 is 0 Å². The molecule has 0 spiro atoms. The molecule has 0 aromatic carbocycles. The van der Waals surface area contributed by atoms with Gasteiger partial charge in [0, 0.05) is 42.9 Å². The average molecular weight is 388 g/mol. The lowest BCUT2D eigenvalue weighted by molar-refractivity contribution is -0.127. The molecule has 3 heterocycles. The van der Waals surface area contributed by atoms with Gasteiger partial charge in [0.2, 0.25) is 5.91 Å². The number of thiazole rings is 1. The average Bonchev–Trinajstić information content (AvgIpc) is 3.39. The van der Waals surface area contributed by atoms with Crippen molar-refractivity contribution < 1.29 is 14.4 Å². The van der Waals surface area contributed by atoms with E-state index < -0.39 is 5.54 Å². The molecular formula is C19H24N4O3S.